The first-order chi connectivity index (χ1) is 16.8. The monoisotopic (exact) mass is 498 g/mol. The second kappa shape index (κ2) is 11.1. The summed E-state index contributed by atoms with van der Waals surface area (Å²) in [5.41, 5.74) is 2.34. The topological polar surface area (TPSA) is 140 Å². The number of nitrogens with zero attached hydrogens (tertiary/aromatic N) is 3. The van der Waals surface area contributed by atoms with Gasteiger partial charge in [0, 0.05) is 11.6 Å². The van der Waals surface area contributed by atoms with E-state index in [0.29, 0.717) is 17.1 Å². The van der Waals surface area contributed by atoms with E-state index in [1.54, 1.807) is 36.4 Å². The van der Waals surface area contributed by atoms with Gasteiger partial charge in [-0.1, -0.05) is 30.3 Å². The van der Waals surface area contributed by atoms with Crippen molar-refractivity contribution in [2.45, 2.75) is 4.90 Å². The number of nitro groups is 1. The minimum atomic E-state index is -4.48. The van der Waals surface area contributed by atoms with Crippen molar-refractivity contribution in [3.63, 3.8) is 0 Å². The Balaban J connectivity index is 1.89. The Hall–Kier alpha value is -4.45. The van der Waals surface area contributed by atoms with Crippen molar-refractivity contribution in [3.8, 4) is 11.5 Å². The standard InChI is InChI=1S/C23H22N4O7S/c1-33-19-12-13-21(34-2)17(14-19)15-24-25-23(28)16-26(18-8-4-3-5-9-18)35(31,32)22-11-7-6-10-20(22)27(29)30/h3-15H,16H2,1-2H3,(H,25,28)/b24-15-. The maximum Gasteiger partial charge on any atom is 0.289 e. The molecule has 3 aromatic carbocycles. The van der Waals surface area contributed by atoms with E-state index < -0.39 is 38.0 Å². The molecule has 0 aliphatic heterocycles. The number of rotatable bonds is 10. The maximum atomic E-state index is 13.4. The van der Waals surface area contributed by atoms with E-state index in [0.717, 1.165) is 16.4 Å². The molecule has 11 nitrogen and oxygen atoms in total. The predicted octanol–water partition coefficient (Wildman–Crippen LogP) is 2.96. The normalized spacial score (nSPS) is 11.1. The average molecular weight is 499 g/mol. The van der Waals surface area contributed by atoms with Crippen LogP contribution in [-0.2, 0) is 14.8 Å². The van der Waals surface area contributed by atoms with Gasteiger partial charge in [-0.3, -0.25) is 19.2 Å². The summed E-state index contributed by atoms with van der Waals surface area (Å²) in [5.74, 6) is 0.257. The zero-order chi connectivity index (χ0) is 25.4. The number of hydrogen-bond acceptors (Lipinski definition) is 8. The molecule has 0 aliphatic rings. The van der Waals surface area contributed by atoms with E-state index in [2.05, 4.69) is 10.5 Å². The molecule has 0 spiro atoms. The van der Waals surface area contributed by atoms with Crippen LogP contribution in [0.3, 0.4) is 0 Å². The van der Waals surface area contributed by atoms with Crippen LogP contribution in [0.15, 0.2) is 82.8 Å². The molecule has 1 amide bonds. The van der Waals surface area contributed by atoms with Gasteiger partial charge in [0.1, 0.15) is 18.0 Å². The number of carbonyl (C=O) groups is 1. The number of nitrogens with one attached hydrogen (secondary N) is 1. The summed E-state index contributed by atoms with van der Waals surface area (Å²) >= 11 is 0. The maximum absolute atomic E-state index is 13.4. The van der Waals surface area contributed by atoms with Gasteiger partial charge >= 0.3 is 0 Å². The quantitative estimate of drug-likeness (QED) is 0.257. The summed E-state index contributed by atoms with van der Waals surface area (Å²) < 4.78 is 38.0. The van der Waals surface area contributed by atoms with E-state index in [9.17, 15) is 23.3 Å². The summed E-state index contributed by atoms with van der Waals surface area (Å²) in [5, 5.41) is 15.3. The number of hydrazone groups is 1. The van der Waals surface area contributed by atoms with E-state index >= 15 is 0 Å². The van der Waals surface area contributed by atoms with E-state index in [1.807, 2.05) is 0 Å². The molecule has 0 radical (unpaired) electrons. The number of ether oxygens (including phenoxy) is 2. The molecular formula is C23H22N4O7S. The van der Waals surface area contributed by atoms with Crippen LogP contribution in [-0.4, -0.2) is 46.2 Å². The smallest absolute Gasteiger partial charge is 0.289 e. The first-order valence-electron chi connectivity index (χ1n) is 10.1. The highest BCUT2D eigenvalue weighted by Gasteiger charge is 2.33. The van der Waals surface area contributed by atoms with Crippen LogP contribution in [0.5, 0.6) is 11.5 Å². The van der Waals surface area contributed by atoms with Crippen LogP contribution >= 0.6 is 0 Å². The molecule has 0 saturated heterocycles. The molecule has 182 valence electrons. The number of amides is 1. The van der Waals surface area contributed by atoms with Crippen molar-refractivity contribution in [1.82, 2.24) is 5.43 Å². The Labute approximate surface area is 201 Å². The van der Waals surface area contributed by atoms with E-state index in [1.165, 1.54) is 44.7 Å². The highest BCUT2D eigenvalue weighted by Crippen LogP contribution is 2.29. The van der Waals surface area contributed by atoms with Crippen molar-refractivity contribution < 1.29 is 27.6 Å². The average Bonchev–Trinajstić information content (AvgIpc) is 2.87. The molecule has 0 fully saturated rings. The zero-order valence-corrected chi connectivity index (χ0v) is 19.6. The van der Waals surface area contributed by atoms with Gasteiger partial charge in [0.25, 0.3) is 21.6 Å². The largest absolute Gasteiger partial charge is 0.497 e. The Morgan fingerprint density at radius 2 is 1.74 bits per heavy atom. The SMILES string of the molecule is COc1ccc(OC)c(/C=N\NC(=O)CN(c2ccccc2)S(=O)(=O)c2ccccc2[N+](=O)[O-])c1. The number of methoxy groups -OCH3 is 2. The van der Waals surface area contributed by atoms with Crippen molar-refractivity contribution in [3.05, 3.63) is 88.5 Å². The summed E-state index contributed by atoms with van der Waals surface area (Å²) in [7, 11) is -1.50. The van der Waals surface area contributed by atoms with Crippen LogP contribution in [0, 0.1) is 10.1 Å². The highest BCUT2D eigenvalue weighted by atomic mass is 32.2. The minimum Gasteiger partial charge on any atom is -0.497 e. The number of carbonyl (C=O) groups excluding carboxylic acids is 1. The van der Waals surface area contributed by atoms with Crippen LogP contribution in [0.4, 0.5) is 11.4 Å². The molecule has 3 rings (SSSR count). The number of sulfonamides is 1. The summed E-state index contributed by atoms with van der Waals surface area (Å²) in [6, 6.07) is 17.7. The fourth-order valence-corrected chi connectivity index (χ4v) is 4.72. The summed E-state index contributed by atoms with van der Waals surface area (Å²) in [6.45, 7) is -0.676. The molecule has 0 aromatic heterocycles. The third-order valence-electron chi connectivity index (χ3n) is 4.79. The lowest BCUT2D eigenvalue weighted by Crippen LogP contribution is -2.39. The molecule has 0 aliphatic carbocycles. The molecular weight excluding hydrogens is 476 g/mol. The molecule has 0 saturated carbocycles. The third kappa shape index (κ3) is 5.92. The lowest BCUT2D eigenvalue weighted by molar-refractivity contribution is -0.387. The second-order valence-corrected chi connectivity index (χ2v) is 8.80. The van der Waals surface area contributed by atoms with Crippen LogP contribution in [0.2, 0.25) is 0 Å². The molecule has 12 heteroatoms. The van der Waals surface area contributed by atoms with Gasteiger partial charge in [0.2, 0.25) is 0 Å². The lowest BCUT2D eigenvalue weighted by Gasteiger charge is -2.23. The first kappa shape index (κ1) is 25.2. The van der Waals surface area contributed by atoms with Crippen molar-refractivity contribution >= 4 is 33.5 Å². The van der Waals surface area contributed by atoms with Gasteiger partial charge in [-0.2, -0.15) is 5.10 Å². The fourth-order valence-electron chi connectivity index (χ4n) is 3.13. The zero-order valence-electron chi connectivity index (χ0n) is 18.8. The Morgan fingerprint density at radius 1 is 1.06 bits per heavy atom. The number of hydrogen-bond donors (Lipinski definition) is 1. The number of nitro benzene ring substituents is 1. The first-order valence-corrected chi connectivity index (χ1v) is 11.6. The number of benzene rings is 3. The summed E-state index contributed by atoms with van der Waals surface area (Å²) in [6.07, 6.45) is 1.32. The van der Waals surface area contributed by atoms with Crippen LogP contribution in [0.25, 0.3) is 0 Å². The predicted molar refractivity (Wildman–Crippen MR) is 129 cm³/mol. The van der Waals surface area contributed by atoms with Gasteiger partial charge in [0.15, 0.2) is 4.90 Å². The number of para-hydroxylation sites is 2. The van der Waals surface area contributed by atoms with Gasteiger partial charge in [-0.25, -0.2) is 13.8 Å². The Morgan fingerprint density at radius 3 is 2.40 bits per heavy atom. The van der Waals surface area contributed by atoms with Crippen LogP contribution in [0.1, 0.15) is 5.56 Å². The van der Waals surface area contributed by atoms with Crippen molar-refractivity contribution in [2.24, 2.45) is 5.10 Å². The van der Waals surface area contributed by atoms with Gasteiger partial charge in [0.05, 0.1) is 31.0 Å². The van der Waals surface area contributed by atoms with Crippen LogP contribution < -0.4 is 19.2 Å². The molecule has 0 heterocycles. The second-order valence-electron chi connectivity index (χ2n) is 6.97. The fraction of sp³-hybridized carbons (Fsp3) is 0.130. The van der Waals surface area contributed by atoms with Crippen molar-refractivity contribution in [2.75, 3.05) is 25.1 Å². The van der Waals surface area contributed by atoms with Gasteiger partial charge in [-0.05, 0) is 36.4 Å². The molecule has 35 heavy (non-hydrogen) atoms. The molecule has 0 atom stereocenters. The van der Waals surface area contributed by atoms with Crippen molar-refractivity contribution in [1.29, 1.82) is 0 Å². The highest BCUT2D eigenvalue weighted by molar-refractivity contribution is 7.93. The third-order valence-corrected chi connectivity index (χ3v) is 6.61. The molecule has 3 aromatic rings. The Bertz CT molecular complexity index is 1340. The Kier molecular flexibility index (Phi) is 8.00. The van der Waals surface area contributed by atoms with E-state index in [4.69, 9.17) is 9.47 Å². The summed E-state index contributed by atoms with van der Waals surface area (Å²) in [4.78, 5) is 22.8. The number of anilines is 1. The molecule has 1 N–H and O–H groups in total. The molecule has 0 unspecified atom stereocenters. The van der Waals surface area contributed by atoms with E-state index in [-0.39, 0.29) is 5.69 Å². The molecule has 0 bridgehead atoms. The van der Waals surface area contributed by atoms with Gasteiger partial charge in [-0.15, -0.1) is 0 Å². The minimum absolute atomic E-state index is 0.152. The lowest BCUT2D eigenvalue weighted by atomic mass is 10.2. The van der Waals surface area contributed by atoms with Gasteiger partial charge < -0.3 is 9.47 Å².